The molecular weight excluding hydrogens is 205 g/mol. The van der Waals surface area contributed by atoms with Crippen LogP contribution in [0.25, 0.3) is 0 Å². The minimum absolute atomic E-state index is 0.197. The first-order valence-electron chi connectivity index (χ1n) is 4.28. The van der Waals surface area contributed by atoms with E-state index in [2.05, 4.69) is 6.92 Å². The lowest BCUT2D eigenvalue weighted by molar-refractivity contribution is -0.137. The van der Waals surface area contributed by atoms with Crippen molar-refractivity contribution in [2.24, 2.45) is 0 Å². The van der Waals surface area contributed by atoms with Crippen LogP contribution >= 0.6 is 0 Å². The number of benzene rings is 1. The molecule has 0 heterocycles. The molecule has 0 unspecified atom stereocenters. The number of rotatable bonds is 3. The zero-order chi connectivity index (χ0) is 11.3. The molecule has 1 radical (unpaired) electrons. The highest BCUT2D eigenvalue weighted by Gasteiger charge is 2.30. The van der Waals surface area contributed by atoms with E-state index in [9.17, 15) is 13.2 Å². The van der Waals surface area contributed by atoms with Crippen LogP contribution in [-0.4, -0.2) is 6.61 Å². The molecular formula is C11H10F3O. The summed E-state index contributed by atoms with van der Waals surface area (Å²) in [4.78, 5) is 0. The minimum atomic E-state index is -4.33. The molecule has 0 amide bonds. The van der Waals surface area contributed by atoms with Crippen LogP contribution in [0.5, 0.6) is 5.75 Å². The molecule has 0 aliphatic heterocycles. The van der Waals surface area contributed by atoms with E-state index in [-0.39, 0.29) is 12.4 Å². The lowest BCUT2D eigenvalue weighted by atomic mass is 10.2. The van der Waals surface area contributed by atoms with Gasteiger partial charge in [0.1, 0.15) is 12.4 Å². The maximum Gasteiger partial charge on any atom is 0.416 e. The third kappa shape index (κ3) is 3.65. The summed E-state index contributed by atoms with van der Waals surface area (Å²) in [6.45, 7) is 3.65. The molecule has 0 aliphatic rings. The molecule has 0 fully saturated rings. The zero-order valence-electron chi connectivity index (χ0n) is 7.92. The van der Waals surface area contributed by atoms with Gasteiger partial charge in [0.2, 0.25) is 0 Å². The van der Waals surface area contributed by atoms with Crippen molar-refractivity contribution < 1.29 is 17.9 Å². The first kappa shape index (κ1) is 11.6. The van der Waals surface area contributed by atoms with Crippen LogP contribution in [0.4, 0.5) is 13.2 Å². The summed E-state index contributed by atoms with van der Waals surface area (Å²) in [6.07, 6.45) is -1.20. The van der Waals surface area contributed by atoms with Gasteiger partial charge in [0.05, 0.1) is 5.56 Å². The number of halogens is 3. The zero-order valence-corrected chi connectivity index (χ0v) is 7.92. The molecule has 1 aromatic carbocycles. The summed E-state index contributed by atoms with van der Waals surface area (Å²) in [5.41, 5.74) is -0.710. The molecule has 1 nitrogen and oxygen atoms in total. The van der Waals surface area contributed by atoms with E-state index in [1.54, 1.807) is 6.08 Å². The van der Waals surface area contributed by atoms with Gasteiger partial charge in [-0.1, -0.05) is 18.2 Å². The SMILES string of the molecule is [CH2]C=CCOc1cccc(C(F)(F)F)c1. The van der Waals surface area contributed by atoms with Gasteiger partial charge in [-0.3, -0.25) is 0 Å². The van der Waals surface area contributed by atoms with Crippen molar-refractivity contribution in [3.8, 4) is 5.75 Å². The van der Waals surface area contributed by atoms with Crippen LogP contribution in [0, 0.1) is 6.92 Å². The summed E-state index contributed by atoms with van der Waals surface area (Å²) in [5, 5.41) is 0. The molecule has 0 spiro atoms. The normalized spacial score (nSPS) is 12.0. The van der Waals surface area contributed by atoms with Crippen molar-refractivity contribution in [2.45, 2.75) is 6.18 Å². The van der Waals surface area contributed by atoms with Gasteiger partial charge in [-0.15, -0.1) is 0 Å². The van der Waals surface area contributed by atoms with Gasteiger partial charge < -0.3 is 4.74 Å². The van der Waals surface area contributed by atoms with Crippen LogP contribution in [0.3, 0.4) is 0 Å². The standard InChI is InChI=1S/C11H10F3O/c1-2-3-7-15-10-6-4-5-9(8-10)11(12,13)14/h2-6,8H,1,7H2. The Morgan fingerprint density at radius 2 is 2.07 bits per heavy atom. The third-order valence-electron chi connectivity index (χ3n) is 1.67. The molecule has 0 aromatic heterocycles. The average molecular weight is 215 g/mol. The van der Waals surface area contributed by atoms with Gasteiger partial charge in [-0.25, -0.2) is 0 Å². The van der Waals surface area contributed by atoms with Crippen LogP contribution in [0.1, 0.15) is 5.56 Å². The van der Waals surface area contributed by atoms with Gasteiger partial charge >= 0.3 is 6.18 Å². The monoisotopic (exact) mass is 215 g/mol. The van der Waals surface area contributed by atoms with Crippen LogP contribution < -0.4 is 4.74 Å². The van der Waals surface area contributed by atoms with Crippen molar-refractivity contribution in [1.82, 2.24) is 0 Å². The first-order valence-corrected chi connectivity index (χ1v) is 4.28. The Labute approximate surface area is 86.2 Å². The van der Waals surface area contributed by atoms with E-state index in [1.165, 1.54) is 18.2 Å². The van der Waals surface area contributed by atoms with Crippen molar-refractivity contribution >= 4 is 0 Å². The Hall–Kier alpha value is -1.45. The topological polar surface area (TPSA) is 9.23 Å². The quantitative estimate of drug-likeness (QED) is 0.750. The predicted molar refractivity (Wildman–Crippen MR) is 51.4 cm³/mol. The number of hydrogen-bond donors (Lipinski definition) is 0. The molecule has 4 heteroatoms. The highest BCUT2D eigenvalue weighted by atomic mass is 19.4. The molecule has 0 atom stereocenters. The van der Waals surface area contributed by atoms with Crippen molar-refractivity contribution in [3.05, 3.63) is 48.9 Å². The van der Waals surface area contributed by atoms with Crippen LogP contribution in [0.2, 0.25) is 0 Å². The molecule has 1 rings (SSSR count). The predicted octanol–water partition coefficient (Wildman–Crippen LogP) is 3.47. The Bertz CT molecular complexity index is 342. The molecule has 0 saturated carbocycles. The van der Waals surface area contributed by atoms with Crippen LogP contribution in [-0.2, 0) is 6.18 Å². The Morgan fingerprint density at radius 1 is 1.33 bits per heavy atom. The number of hydrogen-bond acceptors (Lipinski definition) is 1. The smallest absolute Gasteiger partial charge is 0.416 e. The van der Waals surface area contributed by atoms with Gasteiger partial charge in [-0.05, 0) is 25.1 Å². The fourth-order valence-corrected chi connectivity index (χ4v) is 0.975. The fraction of sp³-hybridized carbons (Fsp3) is 0.182. The second kappa shape index (κ2) is 4.87. The van der Waals surface area contributed by atoms with E-state index in [0.29, 0.717) is 0 Å². The van der Waals surface area contributed by atoms with E-state index in [4.69, 9.17) is 4.74 Å². The van der Waals surface area contributed by atoms with Crippen molar-refractivity contribution in [3.63, 3.8) is 0 Å². The number of ether oxygens (including phenoxy) is 1. The van der Waals surface area contributed by atoms with E-state index in [0.717, 1.165) is 12.1 Å². The number of allylic oxidation sites excluding steroid dienone is 1. The Kier molecular flexibility index (Phi) is 3.77. The first-order chi connectivity index (χ1) is 7.04. The fourth-order valence-electron chi connectivity index (χ4n) is 0.975. The Balaban J connectivity index is 2.75. The Morgan fingerprint density at radius 3 is 2.67 bits per heavy atom. The average Bonchev–Trinajstić information content (AvgIpc) is 2.17. The highest BCUT2D eigenvalue weighted by Crippen LogP contribution is 2.31. The summed E-state index contributed by atoms with van der Waals surface area (Å²) >= 11 is 0. The van der Waals surface area contributed by atoms with Crippen molar-refractivity contribution in [2.75, 3.05) is 6.61 Å². The second-order valence-corrected chi connectivity index (χ2v) is 2.81. The minimum Gasteiger partial charge on any atom is -0.490 e. The summed E-state index contributed by atoms with van der Waals surface area (Å²) < 4.78 is 41.9. The second-order valence-electron chi connectivity index (χ2n) is 2.81. The molecule has 15 heavy (non-hydrogen) atoms. The highest BCUT2D eigenvalue weighted by molar-refractivity contribution is 5.30. The molecule has 0 bridgehead atoms. The molecule has 1 aromatic rings. The van der Waals surface area contributed by atoms with Gasteiger partial charge in [0.25, 0.3) is 0 Å². The lowest BCUT2D eigenvalue weighted by Crippen LogP contribution is -2.05. The summed E-state index contributed by atoms with van der Waals surface area (Å²) in [5.74, 6) is 0.197. The van der Waals surface area contributed by atoms with Gasteiger partial charge in [0.15, 0.2) is 0 Å². The molecule has 0 N–H and O–H groups in total. The number of alkyl halides is 3. The molecule has 0 aliphatic carbocycles. The van der Waals surface area contributed by atoms with Crippen LogP contribution in [0.15, 0.2) is 36.4 Å². The van der Waals surface area contributed by atoms with Gasteiger partial charge in [-0.2, -0.15) is 13.2 Å². The van der Waals surface area contributed by atoms with E-state index >= 15 is 0 Å². The van der Waals surface area contributed by atoms with Crippen molar-refractivity contribution in [1.29, 1.82) is 0 Å². The molecule has 0 saturated heterocycles. The van der Waals surface area contributed by atoms with E-state index in [1.807, 2.05) is 0 Å². The largest absolute Gasteiger partial charge is 0.490 e. The molecule has 81 valence electrons. The maximum atomic E-state index is 12.3. The summed E-state index contributed by atoms with van der Waals surface area (Å²) in [6, 6.07) is 4.76. The lowest BCUT2D eigenvalue weighted by Gasteiger charge is -2.08. The van der Waals surface area contributed by atoms with E-state index < -0.39 is 11.7 Å². The maximum absolute atomic E-state index is 12.3. The van der Waals surface area contributed by atoms with Gasteiger partial charge in [0, 0.05) is 0 Å². The third-order valence-corrected chi connectivity index (χ3v) is 1.67. The summed E-state index contributed by atoms with van der Waals surface area (Å²) in [7, 11) is 0.